The summed E-state index contributed by atoms with van der Waals surface area (Å²) < 4.78 is 27.6. The summed E-state index contributed by atoms with van der Waals surface area (Å²) in [5, 5.41) is 3.31. The van der Waals surface area contributed by atoms with Crippen LogP contribution in [0.4, 0.5) is 0 Å². The number of sulfonamides is 1. The zero-order valence-corrected chi connectivity index (χ0v) is 17.4. The van der Waals surface area contributed by atoms with E-state index in [9.17, 15) is 13.2 Å². The number of carbonyl (C=O) groups excluding carboxylic acids is 1. The van der Waals surface area contributed by atoms with Gasteiger partial charge in [-0.25, -0.2) is 13.1 Å². The molecule has 2 aliphatic rings. The molecule has 1 amide bonds. The summed E-state index contributed by atoms with van der Waals surface area (Å²) >= 11 is 0. The smallest absolute Gasteiger partial charge is 0.240 e. The van der Waals surface area contributed by atoms with Crippen molar-refractivity contribution in [3.05, 3.63) is 29.8 Å². The van der Waals surface area contributed by atoms with Gasteiger partial charge in [0.05, 0.1) is 10.9 Å². The average molecular weight is 416 g/mol. The SMILES string of the molecule is Cc1ccc(S(=O)(=O)NCC2CCCN(C(=O)C3CCCCN3)C2)cc1.Cl. The molecule has 6 nitrogen and oxygen atoms in total. The maximum absolute atomic E-state index is 12.7. The van der Waals surface area contributed by atoms with Gasteiger partial charge in [-0.05, 0) is 57.2 Å². The molecule has 2 atom stereocenters. The van der Waals surface area contributed by atoms with Crippen LogP contribution in [0.15, 0.2) is 29.2 Å². The molecule has 2 saturated heterocycles. The Morgan fingerprint density at radius 2 is 1.93 bits per heavy atom. The second-order valence-corrected chi connectivity index (χ2v) is 9.23. The summed E-state index contributed by atoms with van der Waals surface area (Å²) in [4.78, 5) is 14.9. The number of likely N-dealkylation sites (tertiary alicyclic amines) is 1. The number of hydrogen-bond acceptors (Lipinski definition) is 4. The van der Waals surface area contributed by atoms with Crippen molar-refractivity contribution in [2.45, 2.75) is 50.0 Å². The molecule has 0 radical (unpaired) electrons. The van der Waals surface area contributed by atoms with Crippen LogP contribution in [0.2, 0.25) is 0 Å². The van der Waals surface area contributed by atoms with Crippen molar-refractivity contribution in [2.24, 2.45) is 5.92 Å². The van der Waals surface area contributed by atoms with Crippen molar-refractivity contribution in [2.75, 3.05) is 26.2 Å². The standard InChI is InChI=1S/C19H29N3O3S.ClH/c1-15-7-9-17(10-8-15)26(24,25)21-13-16-5-4-12-22(14-16)19(23)18-6-2-3-11-20-18;/h7-10,16,18,20-21H,2-6,11-14H2,1H3;1H. The van der Waals surface area contributed by atoms with E-state index in [1.54, 1.807) is 24.3 Å². The van der Waals surface area contributed by atoms with Gasteiger partial charge < -0.3 is 10.2 Å². The van der Waals surface area contributed by atoms with E-state index < -0.39 is 10.0 Å². The van der Waals surface area contributed by atoms with Crippen LogP contribution in [-0.2, 0) is 14.8 Å². The molecule has 0 aliphatic carbocycles. The summed E-state index contributed by atoms with van der Waals surface area (Å²) in [7, 11) is -3.50. The fourth-order valence-corrected chi connectivity index (χ4v) is 4.86. The molecular weight excluding hydrogens is 386 g/mol. The van der Waals surface area contributed by atoms with Crippen molar-refractivity contribution >= 4 is 28.3 Å². The first-order chi connectivity index (χ1) is 12.5. The second-order valence-electron chi connectivity index (χ2n) is 7.46. The van der Waals surface area contributed by atoms with Crippen LogP contribution in [0.5, 0.6) is 0 Å². The lowest BCUT2D eigenvalue weighted by molar-refractivity contribution is -0.135. The molecule has 0 spiro atoms. The maximum atomic E-state index is 12.7. The molecule has 1 aromatic carbocycles. The molecule has 2 N–H and O–H groups in total. The highest BCUT2D eigenvalue weighted by atomic mass is 35.5. The van der Waals surface area contributed by atoms with E-state index in [1.807, 2.05) is 11.8 Å². The topological polar surface area (TPSA) is 78.5 Å². The first kappa shape index (κ1) is 22.1. The zero-order chi connectivity index (χ0) is 18.6. The normalized spacial score (nSPS) is 23.5. The quantitative estimate of drug-likeness (QED) is 0.771. The lowest BCUT2D eigenvalue weighted by atomic mass is 9.96. The molecule has 0 saturated carbocycles. The minimum Gasteiger partial charge on any atom is -0.341 e. The predicted molar refractivity (Wildman–Crippen MR) is 109 cm³/mol. The Balaban J connectivity index is 0.00000261. The summed E-state index contributed by atoms with van der Waals surface area (Å²) in [6.45, 7) is 4.62. The number of aryl methyl sites for hydroxylation is 1. The van der Waals surface area contributed by atoms with Gasteiger partial charge >= 0.3 is 0 Å². The number of carbonyl (C=O) groups is 1. The number of rotatable bonds is 5. The van der Waals surface area contributed by atoms with Crippen molar-refractivity contribution < 1.29 is 13.2 Å². The van der Waals surface area contributed by atoms with Crippen molar-refractivity contribution in [1.82, 2.24) is 14.9 Å². The van der Waals surface area contributed by atoms with Crippen LogP contribution in [0.1, 0.15) is 37.7 Å². The predicted octanol–water partition coefficient (Wildman–Crippen LogP) is 2.08. The van der Waals surface area contributed by atoms with E-state index >= 15 is 0 Å². The Morgan fingerprint density at radius 3 is 2.59 bits per heavy atom. The number of nitrogens with zero attached hydrogens (tertiary/aromatic N) is 1. The van der Waals surface area contributed by atoms with E-state index in [-0.39, 0.29) is 30.3 Å². The fourth-order valence-electron chi connectivity index (χ4n) is 3.74. The van der Waals surface area contributed by atoms with E-state index in [1.165, 1.54) is 0 Å². The monoisotopic (exact) mass is 415 g/mol. The van der Waals surface area contributed by atoms with Gasteiger partial charge in [0.25, 0.3) is 0 Å². The van der Waals surface area contributed by atoms with Gasteiger partial charge in [-0.2, -0.15) is 0 Å². The molecule has 2 heterocycles. The molecule has 8 heteroatoms. The largest absolute Gasteiger partial charge is 0.341 e. The molecule has 2 fully saturated rings. The minimum atomic E-state index is -3.50. The third-order valence-corrected chi connectivity index (χ3v) is 6.77. The van der Waals surface area contributed by atoms with Gasteiger partial charge in [-0.3, -0.25) is 4.79 Å². The average Bonchev–Trinajstić information content (AvgIpc) is 2.67. The third kappa shape index (κ3) is 5.91. The van der Waals surface area contributed by atoms with Crippen molar-refractivity contribution in [1.29, 1.82) is 0 Å². The van der Waals surface area contributed by atoms with Crippen LogP contribution < -0.4 is 10.0 Å². The van der Waals surface area contributed by atoms with E-state index in [0.717, 1.165) is 50.8 Å². The molecule has 2 aliphatic heterocycles. The van der Waals surface area contributed by atoms with Gasteiger partial charge in [0.2, 0.25) is 15.9 Å². The molecule has 3 rings (SSSR count). The first-order valence-electron chi connectivity index (χ1n) is 9.54. The van der Waals surface area contributed by atoms with Crippen molar-refractivity contribution in [3.8, 4) is 0 Å². The number of amides is 1. The molecule has 0 aromatic heterocycles. The maximum Gasteiger partial charge on any atom is 0.240 e. The number of halogens is 1. The highest BCUT2D eigenvalue weighted by molar-refractivity contribution is 7.89. The van der Waals surface area contributed by atoms with Gasteiger partial charge in [0.15, 0.2) is 0 Å². The Bertz CT molecular complexity index is 718. The van der Waals surface area contributed by atoms with Crippen LogP contribution >= 0.6 is 12.4 Å². The summed E-state index contributed by atoms with van der Waals surface area (Å²) in [5.41, 5.74) is 1.03. The van der Waals surface area contributed by atoms with Crippen molar-refractivity contribution in [3.63, 3.8) is 0 Å². The van der Waals surface area contributed by atoms with Gasteiger partial charge in [0.1, 0.15) is 0 Å². The number of benzene rings is 1. The van der Waals surface area contributed by atoms with E-state index in [4.69, 9.17) is 0 Å². The molecule has 0 bridgehead atoms. The van der Waals surface area contributed by atoms with Crippen LogP contribution in [0.25, 0.3) is 0 Å². The Labute approximate surface area is 168 Å². The first-order valence-corrected chi connectivity index (χ1v) is 11.0. The Kier molecular flexibility index (Phi) is 8.09. The summed E-state index contributed by atoms with van der Waals surface area (Å²) in [6.07, 6.45) is 5.00. The van der Waals surface area contributed by atoms with E-state index in [2.05, 4.69) is 10.0 Å². The number of piperidine rings is 2. The second kappa shape index (κ2) is 9.87. The van der Waals surface area contributed by atoms with Gasteiger partial charge in [0, 0.05) is 19.6 Å². The third-order valence-electron chi connectivity index (χ3n) is 5.33. The lowest BCUT2D eigenvalue weighted by Crippen LogP contribution is -2.52. The number of nitrogens with one attached hydrogen (secondary N) is 2. The molecule has 27 heavy (non-hydrogen) atoms. The zero-order valence-electron chi connectivity index (χ0n) is 15.8. The van der Waals surface area contributed by atoms with Gasteiger partial charge in [-0.15, -0.1) is 12.4 Å². The molecule has 2 unspecified atom stereocenters. The van der Waals surface area contributed by atoms with E-state index in [0.29, 0.717) is 18.0 Å². The van der Waals surface area contributed by atoms with Crippen LogP contribution in [-0.4, -0.2) is 51.4 Å². The molecular formula is C19H30ClN3O3S. The summed E-state index contributed by atoms with van der Waals surface area (Å²) in [6, 6.07) is 6.79. The Hall–Kier alpha value is -1.15. The lowest BCUT2D eigenvalue weighted by Gasteiger charge is -2.36. The molecule has 1 aromatic rings. The van der Waals surface area contributed by atoms with Crippen LogP contribution in [0.3, 0.4) is 0 Å². The fraction of sp³-hybridized carbons (Fsp3) is 0.632. The minimum absolute atomic E-state index is 0. The summed E-state index contributed by atoms with van der Waals surface area (Å²) in [5.74, 6) is 0.340. The highest BCUT2D eigenvalue weighted by Crippen LogP contribution is 2.19. The van der Waals surface area contributed by atoms with Crippen LogP contribution in [0, 0.1) is 12.8 Å². The molecule has 152 valence electrons. The van der Waals surface area contributed by atoms with Gasteiger partial charge in [-0.1, -0.05) is 24.1 Å². The Morgan fingerprint density at radius 1 is 1.19 bits per heavy atom. The highest BCUT2D eigenvalue weighted by Gasteiger charge is 2.30. The number of hydrogen-bond donors (Lipinski definition) is 2.